The summed E-state index contributed by atoms with van der Waals surface area (Å²) in [6.45, 7) is 2.33. The molecular weight excluding hydrogens is 276 g/mol. The Bertz CT molecular complexity index is 601. The Hall–Kier alpha value is -2.36. The quantitative estimate of drug-likeness (QED) is 0.852. The molecule has 0 saturated carbocycles. The zero-order chi connectivity index (χ0) is 15.2. The van der Waals surface area contributed by atoms with Crippen LogP contribution >= 0.6 is 0 Å². The van der Waals surface area contributed by atoms with Gasteiger partial charge < -0.3 is 9.64 Å². The van der Waals surface area contributed by atoms with Crippen LogP contribution in [0.2, 0.25) is 0 Å². The Morgan fingerprint density at radius 2 is 2.09 bits per heavy atom. The number of carbonyl (C=O) groups is 1. The molecular formula is C18H20N2O2. The van der Waals surface area contributed by atoms with E-state index in [1.165, 1.54) is 0 Å². The summed E-state index contributed by atoms with van der Waals surface area (Å²) >= 11 is 0. The third-order valence-corrected chi connectivity index (χ3v) is 4.02. The average molecular weight is 296 g/mol. The van der Waals surface area contributed by atoms with E-state index in [9.17, 15) is 4.79 Å². The molecule has 0 aliphatic carbocycles. The molecule has 1 atom stereocenters. The Balaban J connectivity index is 1.45. The summed E-state index contributed by atoms with van der Waals surface area (Å²) in [5, 5.41) is 0. The van der Waals surface area contributed by atoms with E-state index in [1.807, 2.05) is 41.3 Å². The number of benzene rings is 1. The van der Waals surface area contributed by atoms with Gasteiger partial charge in [0.2, 0.25) is 0 Å². The van der Waals surface area contributed by atoms with E-state index >= 15 is 0 Å². The first-order valence-electron chi connectivity index (χ1n) is 7.70. The smallest absolute Gasteiger partial charge is 0.255 e. The number of carbonyl (C=O) groups excluding carboxylic acids is 1. The fourth-order valence-electron chi connectivity index (χ4n) is 2.78. The van der Waals surface area contributed by atoms with Gasteiger partial charge in [0.05, 0.1) is 12.2 Å². The Morgan fingerprint density at radius 3 is 2.86 bits per heavy atom. The minimum absolute atomic E-state index is 0.0829. The number of aromatic nitrogens is 1. The van der Waals surface area contributed by atoms with Gasteiger partial charge in [0.15, 0.2) is 0 Å². The van der Waals surface area contributed by atoms with Gasteiger partial charge >= 0.3 is 0 Å². The molecule has 1 aromatic heterocycles. The van der Waals surface area contributed by atoms with Crippen molar-refractivity contribution >= 4 is 5.91 Å². The van der Waals surface area contributed by atoms with Crippen molar-refractivity contribution in [3.05, 3.63) is 60.4 Å². The highest BCUT2D eigenvalue weighted by molar-refractivity contribution is 5.94. The topological polar surface area (TPSA) is 42.4 Å². The van der Waals surface area contributed by atoms with Crippen LogP contribution in [0.25, 0.3) is 0 Å². The van der Waals surface area contributed by atoms with E-state index in [4.69, 9.17) is 4.74 Å². The number of ether oxygens (including phenoxy) is 1. The van der Waals surface area contributed by atoms with Crippen LogP contribution in [0.3, 0.4) is 0 Å². The summed E-state index contributed by atoms with van der Waals surface area (Å²) in [6.07, 6.45) is 5.34. The predicted octanol–water partition coefficient (Wildman–Crippen LogP) is 3.01. The van der Waals surface area contributed by atoms with Crippen molar-refractivity contribution in [3.63, 3.8) is 0 Å². The number of nitrogens with zero attached hydrogens (tertiary/aromatic N) is 2. The summed E-state index contributed by atoms with van der Waals surface area (Å²) in [7, 11) is 0. The summed E-state index contributed by atoms with van der Waals surface area (Å²) < 4.78 is 5.73. The molecule has 2 aromatic rings. The number of likely N-dealkylation sites (tertiary alicyclic amines) is 1. The van der Waals surface area contributed by atoms with Gasteiger partial charge in [0.25, 0.3) is 5.91 Å². The molecule has 1 fully saturated rings. The van der Waals surface area contributed by atoms with Crippen LogP contribution in [0.15, 0.2) is 54.9 Å². The summed E-state index contributed by atoms with van der Waals surface area (Å²) in [5.41, 5.74) is 0.670. The highest BCUT2D eigenvalue weighted by atomic mass is 16.5. The molecule has 1 amide bonds. The zero-order valence-corrected chi connectivity index (χ0v) is 12.5. The fraction of sp³-hybridized carbons (Fsp3) is 0.333. The summed E-state index contributed by atoms with van der Waals surface area (Å²) in [6, 6.07) is 13.5. The van der Waals surface area contributed by atoms with Gasteiger partial charge in [0.1, 0.15) is 5.75 Å². The first kappa shape index (κ1) is 14.6. The highest BCUT2D eigenvalue weighted by Crippen LogP contribution is 2.22. The molecule has 1 aliphatic heterocycles. The number of pyridine rings is 1. The number of hydrogen-bond acceptors (Lipinski definition) is 3. The molecule has 4 nitrogen and oxygen atoms in total. The van der Waals surface area contributed by atoms with Crippen LogP contribution in [-0.2, 0) is 0 Å². The third-order valence-electron chi connectivity index (χ3n) is 4.02. The van der Waals surface area contributed by atoms with E-state index in [1.54, 1.807) is 18.5 Å². The predicted molar refractivity (Wildman–Crippen MR) is 84.8 cm³/mol. The summed E-state index contributed by atoms with van der Waals surface area (Å²) in [4.78, 5) is 18.3. The lowest BCUT2D eigenvalue weighted by atomic mass is 10.1. The first-order valence-corrected chi connectivity index (χ1v) is 7.70. The minimum atomic E-state index is 0.0829. The molecule has 1 aromatic carbocycles. The maximum Gasteiger partial charge on any atom is 0.255 e. The largest absolute Gasteiger partial charge is 0.494 e. The van der Waals surface area contributed by atoms with Crippen LogP contribution < -0.4 is 4.74 Å². The van der Waals surface area contributed by atoms with Gasteiger partial charge in [-0.2, -0.15) is 0 Å². The Morgan fingerprint density at radius 1 is 1.23 bits per heavy atom. The third kappa shape index (κ3) is 3.64. The second kappa shape index (κ2) is 7.07. The molecule has 0 bridgehead atoms. The number of amides is 1. The Labute approximate surface area is 130 Å². The molecule has 3 rings (SSSR count). The van der Waals surface area contributed by atoms with Gasteiger partial charge in [-0.05, 0) is 43.0 Å². The van der Waals surface area contributed by atoms with Gasteiger partial charge in [0, 0.05) is 25.5 Å². The normalized spacial score (nSPS) is 17.5. The first-order chi connectivity index (χ1) is 10.8. The minimum Gasteiger partial charge on any atom is -0.494 e. The van der Waals surface area contributed by atoms with Crippen LogP contribution in [0.5, 0.6) is 5.75 Å². The van der Waals surface area contributed by atoms with Crippen molar-refractivity contribution in [2.75, 3.05) is 19.7 Å². The maximum atomic E-state index is 12.3. The van der Waals surface area contributed by atoms with E-state index in [0.717, 1.165) is 31.7 Å². The summed E-state index contributed by atoms with van der Waals surface area (Å²) in [5.74, 6) is 1.51. The lowest BCUT2D eigenvalue weighted by Crippen LogP contribution is -2.28. The second-order valence-corrected chi connectivity index (χ2v) is 5.60. The maximum absolute atomic E-state index is 12.3. The van der Waals surface area contributed by atoms with E-state index < -0.39 is 0 Å². The van der Waals surface area contributed by atoms with Gasteiger partial charge in [-0.3, -0.25) is 9.78 Å². The lowest BCUT2D eigenvalue weighted by Gasteiger charge is -2.16. The SMILES string of the molecule is O=C(c1cccnc1)N1CCC(CCOc2ccccc2)C1. The van der Waals surface area contributed by atoms with E-state index in [2.05, 4.69) is 4.98 Å². The van der Waals surface area contributed by atoms with Crippen molar-refractivity contribution in [3.8, 4) is 5.75 Å². The highest BCUT2D eigenvalue weighted by Gasteiger charge is 2.26. The van der Waals surface area contributed by atoms with Gasteiger partial charge in [-0.25, -0.2) is 0 Å². The van der Waals surface area contributed by atoms with Crippen molar-refractivity contribution in [2.24, 2.45) is 5.92 Å². The van der Waals surface area contributed by atoms with Crippen LogP contribution in [0.1, 0.15) is 23.2 Å². The van der Waals surface area contributed by atoms with Gasteiger partial charge in [-0.1, -0.05) is 18.2 Å². The van der Waals surface area contributed by atoms with Gasteiger partial charge in [-0.15, -0.1) is 0 Å². The van der Waals surface area contributed by atoms with Crippen molar-refractivity contribution in [1.29, 1.82) is 0 Å². The van der Waals surface area contributed by atoms with Crippen LogP contribution in [0.4, 0.5) is 0 Å². The fourth-order valence-corrected chi connectivity index (χ4v) is 2.78. The van der Waals surface area contributed by atoms with E-state index in [0.29, 0.717) is 18.1 Å². The monoisotopic (exact) mass is 296 g/mol. The lowest BCUT2D eigenvalue weighted by molar-refractivity contribution is 0.0785. The Kier molecular flexibility index (Phi) is 4.68. The van der Waals surface area contributed by atoms with E-state index in [-0.39, 0.29) is 5.91 Å². The standard InChI is InChI=1S/C18H20N2O2/c21-18(16-5-4-10-19-13-16)20-11-8-15(14-20)9-12-22-17-6-2-1-3-7-17/h1-7,10,13,15H,8-9,11-12,14H2. The molecule has 114 valence electrons. The number of hydrogen-bond donors (Lipinski definition) is 0. The zero-order valence-electron chi connectivity index (χ0n) is 12.5. The molecule has 0 N–H and O–H groups in total. The average Bonchev–Trinajstić information content (AvgIpc) is 3.05. The molecule has 1 saturated heterocycles. The molecule has 1 aliphatic rings. The molecule has 0 radical (unpaired) electrons. The second-order valence-electron chi connectivity index (χ2n) is 5.60. The number of para-hydroxylation sites is 1. The van der Waals surface area contributed by atoms with Crippen molar-refractivity contribution in [1.82, 2.24) is 9.88 Å². The molecule has 2 heterocycles. The van der Waals surface area contributed by atoms with Crippen molar-refractivity contribution < 1.29 is 9.53 Å². The number of rotatable bonds is 5. The van der Waals surface area contributed by atoms with Crippen molar-refractivity contribution in [2.45, 2.75) is 12.8 Å². The molecule has 22 heavy (non-hydrogen) atoms. The van der Waals surface area contributed by atoms with Crippen LogP contribution in [0, 0.1) is 5.92 Å². The molecule has 1 unspecified atom stereocenters. The molecule has 4 heteroatoms. The molecule has 0 spiro atoms. The van der Waals surface area contributed by atoms with Crippen LogP contribution in [-0.4, -0.2) is 35.5 Å².